The maximum Gasteiger partial charge on any atom is 0.247 e. The summed E-state index contributed by atoms with van der Waals surface area (Å²) >= 11 is 2.10. The molecular weight excluding hydrogens is 639 g/mol. The number of carbonyl (C=O) groups excluding carboxylic acids is 2. The summed E-state index contributed by atoms with van der Waals surface area (Å²) in [4.78, 5) is 28.6. The van der Waals surface area contributed by atoms with Crippen molar-refractivity contribution in [2.24, 2.45) is 23.2 Å². The average Bonchev–Trinajstić information content (AvgIpc) is 2.96. The van der Waals surface area contributed by atoms with Crippen LogP contribution in [0.5, 0.6) is 11.5 Å². The molecule has 2 bridgehead atoms. The Labute approximate surface area is 256 Å². The molecule has 0 spiro atoms. The SMILES string of the molecule is CCCC(=O)N(CC1CCC2CC1C2(C)C)C1CC(C(=O)NCCO)=CC(Oc2c(I)cc(CO)cc2OC)C1O. The van der Waals surface area contributed by atoms with Gasteiger partial charge in [-0.1, -0.05) is 20.8 Å². The van der Waals surface area contributed by atoms with Gasteiger partial charge in [0.2, 0.25) is 11.8 Å². The number of halogens is 1. The van der Waals surface area contributed by atoms with E-state index < -0.39 is 18.2 Å². The van der Waals surface area contributed by atoms with E-state index in [2.05, 4.69) is 41.8 Å². The molecular formula is C31H45IN2O7. The van der Waals surface area contributed by atoms with Crippen molar-refractivity contribution in [3.63, 3.8) is 0 Å². The zero-order valence-electron chi connectivity index (χ0n) is 24.6. The van der Waals surface area contributed by atoms with Gasteiger partial charge < -0.3 is 35.0 Å². The minimum absolute atomic E-state index is 0.0222. The van der Waals surface area contributed by atoms with Gasteiger partial charge in [-0.25, -0.2) is 0 Å². The molecule has 0 saturated heterocycles. The van der Waals surface area contributed by atoms with Crippen LogP contribution in [0.4, 0.5) is 0 Å². The first-order valence-corrected chi connectivity index (χ1v) is 15.8. The van der Waals surface area contributed by atoms with E-state index in [1.54, 1.807) is 18.2 Å². The molecule has 3 fully saturated rings. The number of carbonyl (C=O) groups is 2. The predicted octanol–water partition coefficient (Wildman–Crippen LogP) is 3.41. The summed E-state index contributed by atoms with van der Waals surface area (Å²) in [7, 11) is 1.50. The van der Waals surface area contributed by atoms with Gasteiger partial charge in [-0.15, -0.1) is 0 Å². The van der Waals surface area contributed by atoms with E-state index in [0.29, 0.717) is 57.4 Å². The van der Waals surface area contributed by atoms with Gasteiger partial charge in [-0.2, -0.15) is 0 Å². The number of hydrogen-bond acceptors (Lipinski definition) is 7. The van der Waals surface area contributed by atoms with Crippen LogP contribution in [-0.2, 0) is 16.2 Å². The second-order valence-corrected chi connectivity index (χ2v) is 13.4. The normalized spacial score (nSPS) is 28.2. The molecule has 4 N–H and O–H groups in total. The lowest BCUT2D eigenvalue weighted by Gasteiger charge is -2.61. The second kappa shape index (κ2) is 13.6. The number of hydrogen-bond donors (Lipinski definition) is 4. The molecule has 1 aromatic carbocycles. The maximum atomic E-state index is 13.7. The van der Waals surface area contributed by atoms with E-state index in [-0.39, 0.29) is 43.4 Å². The van der Waals surface area contributed by atoms with Crippen molar-refractivity contribution in [1.29, 1.82) is 0 Å². The third-order valence-electron chi connectivity index (χ3n) is 9.56. The molecule has 3 saturated carbocycles. The number of nitrogens with zero attached hydrogens (tertiary/aromatic N) is 1. The molecule has 4 aliphatic carbocycles. The maximum absolute atomic E-state index is 13.7. The molecule has 0 aliphatic heterocycles. The summed E-state index contributed by atoms with van der Waals surface area (Å²) < 4.78 is 12.6. The molecule has 9 nitrogen and oxygen atoms in total. The highest BCUT2D eigenvalue weighted by molar-refractivity contribution is 14.1. The molecule has 2 amide bonds. The van der Waals surface area contributed by atoms with Crippen molar-refractivity contribution in [3.05, 3.63) is 32.9 Å². The van der Waals surface area contributed by atoms with Gasteiger partial charge in [0.15, 0.2) is 11.5 Å². The Morgan fingerprint density at radius 3 is 2.59 bits per heavy atom. The van der Waals surface area contributed by atoms with E-state index >= 15 is 0 Å². The zero-order chi connectivity index (χ0) is 29.9. The highest BCUT2D eigenvalue weighted by Crippen LogP contribution is 2.61. The highest BCUT2D eigenvalue weighted by Gasteiger charge is 2.55. The minimum Gasteiger partial charge on any atom is -0.493 e. The Balaban J connectivity index is 1.68. The third-order valence-corrected chi connectivity index (χ3v) is 10.4. The fourth-order valence-corrected chi connectivity index (χ4v) is 7.90. The van der Waals surface area contributed by atoms with Crippen LogP contribution in [0.2, 0.25) is 0 Å². The molecule has 228 valence electrons. The van der Waals surface area contributed by atoms with Crippen LogP contribution in [0.1, 0.15) is 64.9 Å². The van der Waals surface area contributed by atoms with Crippen LogP contribution in [0.15, 0.2) is 23.8 Å². The first kappa shape index (κ1) is 32.0. The van der Waals surface area contributed by atoms with Gasteiger partial charge in [0.25, 0.3) is 0 Å². The number of nitrogens with one attached hydrogen (secondary N) is 1. The number of ether oxygens (including phenoxy) is 2. The van der Waals surface area contributed by atoms with Crippen molar-refractivity contribution in [2.45, 2.75) is 84.2 Å². The summed E-state index contributed by atoms with van der Waals surface area (Å²) in [5, 5.41) is 33.4. The number of rotatable bonds is 12. The molecule has 41 heavy (non-hydrogen) atoms. The largest absolute Gasteiger partial charge is 0.493 e. The van der Waals surface area contributed by atoms with Gasteiger partial charge in [-0.3, -0.25) is 9.59 Å². The minimum atomic E-state index is -1.09. The van der Waals surface area contributed by atoms with E-state index in [4.69, 9.17) is 9.47 Å². The molecule has 6 unspecified atom stereocenters. The average molecular weight is 685 g/mol. The Morgan fingerprint density at radius 1 is 1.22 bits per heavy atom. The van der Waals surface area contributed by atoms with Gasteiger partial charge in [0, 0.05) is 31.5 Å². The predicted molar refractivity (Wildman–Crippen MR) is 163 cm³/mol. The molecule has 6 atom stereocenters. The van der Waals surface area contributed by atoms with Crippen molar-refractivity contribution in [3.8, 4) is 11.5 Å². The van der Waals surface area contributed by atoms with Crippen LogP contribution in [0.25, 0.3) is 0 Å². The Hall–Kier alpha value is -1.89. The summed E-state index contributed by atoms with van der Waals surface area (Å²) in [5.74, 6) is 2.02. The molecule has 0 heterocycles. The fourth-order valence-electron chi connectivity index (χ4n) is 7.11. The summed E-state index contributed by atoms with van der Waals surface area (Å²) in [6.45, 7) is 6.92. The summed E-state index contributed by atoms with van der Waals surface area (Å²) in [6.07, 6.45) is 4.23. The van der Waals surface area contributed by atoms with Crippen molar-refractivity contribution < 1.29 is 34.4 Å². The van der Waals surface area contributed by atoms with E-state index in [1.165, 1.54) is 13.5 Å². The lowest BCUT2D eigenvalue weighted by molar-refractivity contribution is -0.148. The smallest absolute Gasteiger partial charge is 0.247 e. The highest BCUT2D eigenvalue weighted by atomic mass is 127. The van der Waals surface area contributed by atoms with Crippen LogP contribution >= 0.6 is 22.6 Å². The first-order valence-electron chi connectivity index (χ1n) is 14.8. The van der Waals surface area contributed by atoms with E-state index in [1.807, 2.05) is 11.8 Å². The van der Waals surface area contributed by atoms with Gasteiger partial charge in [-0.05, 0) is 95.2 Å². The van der Waals surface area contributed by atoms with Crippen LogP contribution in [0.3, 0.4) is 0 Å². The van der Waals surface area contributed by atoms with Crippen molar-refractivity contribution >= 4 is 34.4 Å². The van der Waals surface area contributed by atoms with Crippen molar-refractivity contribution in [2.75, 3.05) is 26.8 Å². The molecule has 0 aromatic heterocycles. The quantitative estimate of drug-likeness (QED) is 0.249. The molecule has 4 aliphatic rings. The zero-order valence-corrected chi connectivity index (χ0v) is 26.7. The first-order chi connectivity index (χ1) is 19.5. The third kappa shape index (κ3) is 6.70. The number of methoxy groups -OCH3 is 1. The lowest BCUT2D eigenvalue weighted by atomic mass is 9.45. The van der Waals surface area contributed by atoms with Crippen molar-refractivity contribution in [1.82, 2.24) is 10.2 Å². The summed E-state index contributed by atoms with van der Waals surface area (Å²) in [5.41, 5.74) is 1.31. The number of benzene rings is 1. The fraction of sp³-hybridized carbons (Fsp3) is 0.677. The Kier molecular flexibility index (Phi) is 10.6. The second-order valence-electron chi connectivity index (χ2n) is 12.3. The van der Waals surface area contributed by atoms with Gasteiger partial charge >= 0.3 is 0 Å². The van der Waals surface area contributed by atoms with Crippen LogP contribution in [-0.4, -0.2) is 77.1 Å². The number of aliphatic hydroxyl groups is 3. The van der Waals surface area contributed by atoms with E-state index in [9.17, 15) is 24.9 Å². The molecule has 5 rings (SSSR count). The molecule has 10 heteroatoms. The van der Waals surface area contributed by atoms with Crippen LogP contribution in [0, 0.1) is 26.7 Å². The summed E-state index contributed by atoms with van der Waals surface area (Å²) in [6, 6.07) is 2.80. The Morgan fingerprint density at radius 2 is 1.98 bits per heavy atom. The standard InChI is InChI=1S/C31H45IN2O7/c1-5-6-27(37)34(16-19-7-8-21-15-22(19)31(21,2)3)24-13-20(30(39)33-9-10-35)14-25(28(24)38)41-29-23(32)11-18(17-36)12-26(29)40-4/h11-12,14,19,21-22,24-25,28,35-36,38H,5-10,13,15-17H2,1-4H3,(H,33,39). The number of amides is 2. The molecule has 1 aromatic rings. The van der Waals surface area contributed by atoms with E-state index in [0.717, 1.165) is 18.8 Å². The van der Waals surface area contributed by atoms with Gasteiger partial charge in [0.1, 0.15) is 12.2 Å². The number of aliphatic hydroxyl groups excluding tert-OH is 3. The van der Waals surface area contributed by atoms with Gasteiger partial charge in [0.05, 0.1) is 29.9 Å². The molecule has 0 radical (unpaired) electrons. The van der Waals surface area contributed by atoms with Crippen LogP contribution < -0.4 is 14.8 Å². The Bertz CT molecular complexity index is 1140. The lowest BCUT2D eigenvalue weighted by Crippen LogP contribution is -2.59. The monoisotopic (exact) mass is 684 g/mol. The number of fused-ring (bicyclic) bond motifs is 2. The topological polar surface area (TPSA) is 129 Å².